The molecule has 0 bridgehead atoms. The molecule has 6 heteroatoms. The number of alkyl halides is 2. The van der Waals surface area contributed by atoms with Crippen molar-refractivity contribution >= 4 is 5.97 Å². The second-order valence-electron chi connectivity index (χ2n) is 4.74. The van der Waals surface area contributed by atoms with Gasteiger partial charge < -0.3 is 5.11 Å². The first kappa shape index (κ1) is 10.7. The van der Waals surface area contributed by atoms with E-state index in [0.29, 0.717) is 17.9 Å². The molecule has 17 heavy (non-hydrogen) atoms. The summed E-state index contributed by atoms with van der Waals surface area (Å²) in [5.74, 6) is -0.228. The predicted molar refractivity (Wildman–Crippen MR) is 54.0 cm³/mol. The molecule has 1 aromatic rings. The summed E-state index contributed by atoms with van der Waals surface area (Å²) >= 11 is 0. The Labute approximate surface area is 96.2 Å². The summed E-state index contributed by atoms with van der Waals surface area (Å²) in [5, 5.41) is 12.6. The number of carboxylic acids is 1. The lowest BCUT2D eigenvalue weighted by Crippen LogP contribution is -2.14. The van der Waals surface area contributed by atoms with Gasteiger partial charge in [-0.3, -0.25) is 9.48 Å². The largest absolute Gasteiger partial charge is 0.480 e. The molecule has 92 valence electrons. The number of carbonyl (C=O) groups is 1. The van der Waals surface area contributed by atoms with Gasteiger partial charge in [0.1, 0.15) is 12.2 Å². The van der Waals surface area contributed by atoms with Gasteiger partial charge in [-0.2, -0.15) is 5.10 Å². The molecule has 0 aromatic carbocycles. The maximum Gasteiger partial charge on any atom is 0.325 e. The molecule has 2 atom stereocenters. The van der Waals surface area contributed by atoms with Crippen LogP contribution in [-0.2, 0) is 17.8 Å². The van der Waals surface area contributed by atoms with Gasteiger partial charge in [-0.1, -0.05) is 0 Å². The Hall–Kier alpha value is -1.46. The van der Waals surface area contributed by atoms with E-state index in [1.54, 1.807) is 0 Å². The first-order valence-corrected chi connectivity index (χ1v) is 5.67. The van der Waals surface area contributed by atoms with E-state index >= 15 is 0 Å². The van der Waals surface area contributed by atoms with Gasteiger partial charge in [-0.05, 0) is 25.2 Å². The van der Waals surface area contributed by atoms with Crippen LogP contribution in [0.3, 0.4) is 0 Å². The highest BCUT2D eigenvalue weighted by atomic mass is 19.3. The first-order valence-electron chi connectivity index (χ1n) is 5.67. The Morgan fingerprint density at radius 3 is 3.00 bits per heavy atom. The first-order chi connectivity index (χ1) is 8.08. The highest BCUT2D eigenvalue weighted by Gasteiger charge is 2.46. The van der Waals surface area contributed by atoms with Gasteiger partial charge >= 0.3 is 5.97 Å². The molecule has 1 fully saturated rings. The van der Waals surface area contributed by atoms with E-state index in [1.807, 2.05) is 0 Å². The Balaban J connectivity index is 2.06. The van der Waals surface area contributed by atoms with E-state index in [4.69, 9.17) is 5.11 Å². The van der Waals surface area contributed by atoms with Crippen LogP contribution in [0.15, 0.2) is 0 Å². The van der Waals surface area contributed by atoms with Gasteiger partial charge in [0.25, 0.3) is 6.43 Å². The lowest BCUT2D eigenvalue weighted by atomic mass is 9.96. The maximum absolute atomic E-state index is 12.8. The fourth-order valence-electron chi connectivity index (χ4n) is 2.86. The smallest absolute Gasteiger partial charge is 0.325 e. The van der Waals surface area contributed by atoms with Crippen molar-refractivity contribution in [2.45, 2.75) is 38.2 Å². The van der Waals surface area contributed by atoms with Gasteiger partial charge in [0.2, 0.25) is 0 Å². The molecule has 0 aliphatic heterocycles. The van der Waals surface area contributed by atoms with Gasteiger partial charge in [0.15, 0.2) is 0 Å². The van der Waals surface area contributed by atoms with Gasteiger partial charge in [0, 0.05) is 17.2 Å². The monoisotopic (exact) mass is 242 g/mol. The van der Waals surface area contributed by atoms with Crippen LogP contribution in [0, 0.1) is 5.92 Å². The highest BCUT2D eigenvalue weighted by molar-refractivity contribution is 5.66. The minimum absolute atomic E-state index is 0.216. The van der Waals surface area contributed by atoms with Crippen molar-refractivity contribution in [2.24, 2.45) is 5.92 Å². The minimum atomic E-state index is -2.62. The van der Waals surface area contributed by atoms with E-state index < -0.39 is 12.4 Å². The SMILES string of the molecule is O=C(O)Cn1nc(C(F)F)c2c1[C@H]1C[C@H]1CC2. The zero-order valence-corrected chi connectivity index (χ0v) is 9.07. The average Bonchev–Trinajstić information content (AvgIpc) is 2.94. The van der Waals surface area contributed by atoms with Crippen molar-refractivity contribution in [1.29, 1.82) is 0 Å². The number of aliphatic carboxylic acids is 1. The summed E-state index contributed by atoms with van der Waals surface area (Å²) in [5.41, 5.74) is 1.13. The fraction of sp³-hybridized carbons (Fsp3) is 0.636. The number of halogens is 2. The molecule has 2 aliphatic carbocycles. The summed E-state index contributed by atoms with van der Waals surface area (Å²) in [7, 11) is 0. The van der Waals surface area contributed by atoms with Crippen LogP contribution in [0.2, 0.25) is 0 Å². The van der Waals surface area contributed by atoms with E-state index in [2.05, 4.69) is 5.10 Å². The van der Waals surface area contributed by atoms with E-state index in [-0.39, 0.29) is 18.2 Å². The van der Waals surface area contributed by atoms with Gasteiger partial charge in [-0.25, -0.2) is 8.78 Å². The molecule has 1 saturated carbocycles. The normalized spacial score (nSPS) is 25.6. The van der Waals surface area contributed by atoms with Crippen LogP contribution in [0.4, 0.5) is 8.78 Å². The lowest BCUT2D eigenvalue weighted by Gasteiger charge is -2.12. The fourth-order valence-corrected chi connectivity index (χ4v) is 2.86. The number of rotatable bonds is 3. The molecule has 1 heterocycles. The summed E-state index contributed by atoms with van der Waals surface area (Å²) in [6, 6.07) is 0. The Morgan fingerprint density at radius 2 is 2.35 bits per heavy atom. The number of hydrogen-bond donors (Lipinski definition) is 1. The third kappa shape index (κ3) is 1.62. The van der Waals surface area contributed by atoms with Crippen LogP contribution >= 0.6 is 0 Å². The van der Waals surface area contributed by atoms with Gasteiger partial charge in [-0.15, -0.1) is 0 Å². The molecule has 0 amide bonds. The average molecular weight is 242 g/mol. The van der Waals surface area contributed by atoms with Gasteiger partial charge in [0.05, 0.1) is 0 Å². The van der Waals surface area contributed by atoms with E-state index in [9.17, 15) is 13.6 Å². The number of hydrogen-bond acceptors (Lipinski definition) is 2. The van der Waals surface area contributed by atoms with Crippen LogP contribution in [0.1, 0.15) is 42.1 Å². The lowest BCUT2D eigenvalue weighted by molar-refractivity contribution is -0.137. The molecule has 1 N–H and O–H groups in total. The third-order valence-electron chi connectivity index (χ3n) is 3.66. The quantitative estimate of drug-likeness (QED) is 0.881. The highest BCUT2D eigenvalue weighted by Crippen LogP contribution is 2.55. The van der Waals surface area contributed by atoms with Crippen LogP contribution in [-0.4, -0.2) is 20.9 Å². The van der Waals surface area contributed by atoms with Crippen molar-refractivity contribution in [3.63, 3.8) is 0 Å². The second-order valence-corrected chi connectivity index (χ2v) is 4.74. The molecule has 0 spiro atoms. The summed E-state index contributed by atoms with van der Waals surface area (Å²) in [4.78, 5) is 10.7. The molecule has 0 saturated heterocycles. The van der Waals surface area contributed by atoms with Crippen LogP contribution < -0.4 is 0 Å². The van der Waals surface area contributed by atoms with E-state index in [1.165, 1.54) is 4.68 Å². The van der Waals surface area contributed by atoms with Crippen molar-refractivity contribution < 1.29 is 18.7 Å². The number of carboxylic acid groups (broad SMARTS) is 1. The third-order valence-corrected chi connectivity index (χ3v) is 3.66. The van der Waals surface area contributed by atoms with E-state index in [0.717, 1.165) is 18.5 Å². The molecule has 0 radical (unpaired) electrons. The Kier molecular flexibility index (Phi) is 2.21. The standard InChI is InChI=1S/C11H12F2N2O2/c12-11(13)9-6-2-1-5-3-7(5)10(6)15(14-9)4-8(16)17/h5,7,11H,1-4H2,(H,16,17)/t5-,7+/m1/s1. The minimum Gasteiger partial charge on any atom is -0.480 e. The molecular weight excluding hydrogens is 230 g/mol. The summed E-state index contributed by atoms with van der Waals surface area (Å²) < 4.78 is 26.9. The Morgan fingerprint density at radius 1 is 1.59 bits per heavy atom. The number of aromatic nitrogens is 2. The maximum atomic E-state index is 12.8. The molecule has 1 aromatic heterocycles. The zero-order valence-electron chi connectivity index (χ0n) is 9.07. The molecule has 3 rings (SSSR count). The number of fused-ring (bicyclic) bond motifs is 3. The van der Waals surface area contributed by atoms with Crippen molar-refractivity contribution in [3.05, 3.63) is 17.0 Å². The molecule has 2 aliphatic rings. The predicted octanol–water partition coefficient (Wildman–Crippen LogP) is 1.96. The number of nitrogens with zero attached hydrogens (tertiary/aromatic N) is 2. The van der Waals surface area contributed by atoms with Crippen molar-refractivity contribution in [3.8, 4) is 0 Å². The van der Waals surface area contributed by atoms with Crippen LogP contribution in [0.5, 0.6) is 0 Å². The summed E-state index contributed by atoms with van der Waals surface area (Å²) in [6.07, 6.45) is -0.0958. The zero-order chi connectivity index (χ0) is 12.2. The topological polar surface area (TPSA) is 55.1 Å². The molecular formula is C11H12F2N2O2. The van der Waals surface area contributed by atoms with Crippen LogP contribution in [0.25, 0.3) is 0 Å². The molecule has 0 unspecified atom stereocenters. The second kappa shape index (κ2) is 3.51. The van der Waals surface area contributed by atoms with Crippen molar-refractivity contribution in [1.82, 2.24) is 9.78 Å². The molecule has 4 nitrogen and oxygen atoms in total. The van der Waals surface area contributed by atoms with Crippen molar-refractivity contribution in [2.75, 3.05) is 0 Å². The Bertz CT molecular complexity index is 484. The summed E-state index contributed by atoms with van der Waals surface area (Å²) in [6.45, 7) is -0.321.